The molecule has 0 aliphatic rings. The second-order valence-corrected chi connectivity index (χ2v) is 4.83. The molecule has 1 aromatic heterocycles. The second-order valence-electron chi connectivity index (χ2n) is 4.83. The van der Waals surface area contributed by atoms with Crippen LogP contribution in [0.4, 0.5) is 0 Å². The number of nitrogens with zero attached hydrogens (tertiary/aromatic N) is 1. The minimum absolute atomic E-state index is 0.00112. The van der Waals surface area contributed by atoms with Crippen molar-refractivity contribution in [1.82, 2.24) is 9.88 Å². The number of hydrogen-bond acceptors (Lipinski definition) is 2. The van der Waals surface area contributed by atoms with E-state index >= 15 is 0 Å². The topological polar surface area (TPSA) is 51.1 Å². The molecule has 0 fully saturated rings. The SMILES string of the molecule is CCCC(=O)c1ccn(CC(=O)NC(CC)CC)c1. The van der Waals surface area contributed by atoms with Crippen LogP contribution in [0.5, 0.6) is 0 Å². The van der Waals surface area contributed by atoms with Crippen molar-refractivity contribution in [3.05, 3.63) is 24.0 Å². The largest absolute Gasteiger partial charge is 0.352 e. The summed E-state index contributed by atoms with van der Waals surface area (Å²) in [6.07, 6.45) is 6.82. The summed E-state index contributed by atoms with van der Waals surface area (Å²) >= 11 is 0. The second kappa shape index (κ2) is 7.77. The van der Waals surface area contributed by atoms with Crippen molar-refractivity contribution < 1.29 is 9.59 Å². The van der Waals surface area contributed by atoms with Gasteiger partial charge in [0.25, 0.3) is 0 Å². The maximum Gasteiger partial charge on any atom is 0.240 e. The van der Waals surface area contributed by atoms with Gasteiger partial charge in [-0.3, -0.25) is 9.59 Å². The van der Waals surface area contributed by atoms with E-state index in [1.807, 2.05) is 6.92 Å². The van der Waals surface area contributed by atoms with Gasteiger partial charge in [-0.15, -0.1) is 0 Å². The molecule has 0 aromatic carbocycles. The lowest BCUT2D eigenvalue weighted by molar-refractivity contribution is -0.122. The van der Waals surface area contributed by atoms with Gasteiger partial charge in [0, 0.05) is 30.4 Å². The highest BCUT2D eigenvalue weighted by molar-refractivity contribution is 5.95. The quantitative estimate of drug-likeness (QED) is 0.734. The third-order valence-electron chi connectivity index (χ3n) is 3.23. The number of nitrogens with one attached hydrogen (secondary N) is 1. The Kier molecular flexibility index (Phi) is 6.33. The van der Waals surface area contributed by atoms with Crippen LogP contribution in [-0.2, 0) is 11.3 Å². The average molecular weight is 264 g/mol. The highest BCUT2D eigenvalue weighted by Crippen LogP contribution is 2.06. The van der Waals surface area contributed by atoms with Gasteiger partial charge < -0.3 is 9.88 Å². The van der Waals surface area contributed by atoms with Crippen LogP contribution < -0.4 is 5.32 Å². The van der Waals surface area contributed by atoms with Gasteiger partial charge in [0.15, 0.2) is 5.78 Å². The first-order valence-electron chi connectivity index (χ1n) is 7.09. The zero-order valence-electron chi connectivity index (χ0n) is 12.1. The van der Waals surface area contributed by atoms with Crippen LogP contribution in [-0.4, -0.2) is 22.3 Å². The van der Waals surface area contributed by atoms with Crippen LogP contribution in [0.15, 0.2) is 18.5 Å². The third-order valence-corrected chi connectivity index (χ3v) is 3.23. The highest BCUT2D eigenvalue weighted by Gasteiger charge is 2.10. The predicted octanol–water partition coefficient (Wildman–Crippen LogP) is 2.78. The first-order valence-corrected chi connectivity index (χ1v) is 7.09. The Balaban J connectivity index is 2.53. The molecule has 19 heavy (non-hydrogen) atoms. The average Bonchev–Trinajstić information content (AvgIpc) is 2.84. The standard InChI is InChI=1S/C15H24N2O2/c1-4-7-14(18)12-8-9-17(10-12)11-15(19)16-13(5-2)6-3/h8-10,13H,4-7,11H2,1-3H3,(H,16,19). The minimum Gasteiger partial charge on any atom is -0.352 e. The Bertz CT molecular complexity index is 420. The fraction of sp³-hybridized carbons (Fsp3) is 0.600. The van der Waals surface area contributed by atoms with Gasteiger partial charge in [0.1, 0.15) is 6.54 Å². The van der Waals surface area contributed by atoms with Crippen LogP contribution in [0.3, 0.4) is 0 Å². The molecule has 1 N–H and O–H groups in total. The van der Waals surface area contributed by atoms with E-state index in [4.69, 9.17) is 0 Å². The van der Waals surface area contributed by atoms with Gasteiger partial charge >= 0.3 is 0 Å². The summed E-state index contributed by atoms with van der Waals surface area (Å²) in [5, 5.41) is 2.98. The Morgan fingerprint density at radius 1 is 1.26 bits per heavy atom. The summed E-state index contributed by atoms with van der Waals surface area (Å²) in [6.45, 7) is 6.38. The van der Waals surface area contributed by atoms with Crippen molar-refractivity contribution in [1.29, 1.82) is 0 Å². The summed E-state index contributed by atoms with van der Waals surface area (Å²) in [5.74, 6) is 0.139. The van der Waals surface area contributed by atoms with Crippen LogP contribution in [0.25, 0.3) is 0 Å². The molecular weight excluding hydrogens is 240 g/mol. The van der Waals surface area contributed by atoms with Gasteiger partial charge in [-0.2, -0.15) is 0 Å². The van der Waals surface area contributed by atoms with Crippen molar-refractivity contribution in [2.45, 2.75) is 59.0 Å². The molecule has 0 unspecified atom stereocenters. The molecule has 1 aromatic rings. The normalized spacial score (nSPS) is 10.7. The summed E-state index contributed by atoms with van der Waals surface area (Å²) in [5.41, 5.74) is 0.692. The smallest absolute Gasteiger partial charge is 0.240 e. The lowest BCUT2D eigenvalue weighted by atomic mass is 10.1. The third kappa shape index (κ3) is 4.89. The maximum atomic E-state index is 11.8. The van der Waals surface area contributed by atoms with E-state index in [0.29, 0.717) is 12.0 Å². The van der Waals surface area contributed by atoms with E-state index in [9.17, 15) is 9.59 Å². The Morgan fingerprint density at radius 2 is 1.95 bits per heavy atom. The Labute approximate surface area is 115 Å². The fourth-order valence-electron chi connectivity index (χ4n) is 2.01. The van der Waals surface area contributed by atoms with Gasteiger partial charge in [0.2, 0.25) is 5.91 Å². The molecule has 0 radical (unpaired) electrons. The summed E-state index contributed by atoms with van der Waals surface area (Å²) in [4.78, 5) is 23.5. The fourth-order valence-corrected chi connectivity index (χ4v) is 2.01. The van der Waals surface area contributed by atoms with Gasteiger partial charge in [-0.1, -0.05) is 20.8 Å². The highest BCUT2D eigenvalue weighted by atomic mass is 16.2. The van der Waals surface area contributed by atoms with Gasteiger partial charge in [-0.05, 0) is 25.3 Å². The van der Waals surface area contributed by atoms with Crippen LogP contribution in [0.2, 0.25) is 0 Å². The number of carbonyl (C=O) groups is 2. The Morgan fingerprint density at radius 3 is 2.53 bits per heavy atom. The predicted molar refractivity (Wildman–Crippen MR) is 76.2 cm³/mol. The molecular formula is C15H24N2O2. The molecule has 0 bridgehead atoms. The number of hydrogen-bond donors (Lipinski definition) is 1. The van der Waals surface area contributed by atoms with E-state index in [1.54, 1.807) is 23.0 Å². The zero-order valence-corrected chi connectivity index (χ0v) is 12.1. The summed E-state index contributed by atoms with van der Waals surface area (Å²) < 4.78 is 1.76. The number of carbonyl (C=O) groups excluding carboxylic acids is 2. The molecule has 0 saturated heterocycles. The number of amides is 1. The number of ketones is 1. The van der Waals surface area contributed by atoms with Crippen LogP contribution in [0, 0.1) is 0 Å². The van der Waals surface area contributed by atoms with E-state index in [-0.39, 0.29) is 24.3 Å². The van der Waals surface area contributed by atoms with Crippen molar-refractivity contribution in [2.24, 2.45) is 0 Å². The van der Waals surface area contributed by atoms with E-state index in [1.165, 1.54) is 0 Å². The van der Waals surface area contributed by atoms with Gasteiger partial charge in [-0.25, -0.2) is 0 Å². The summed E-state index contributed by atoms with van der Waals surface area (Å²) in [6, 6.07) is 2.02. The van der Waals surface area contributed by atoms with Crippen LogP contribution in [0.1, 0.15) is 56.8 Å². The van der Waals surface area contributed by atoms with Crippen molar-refractivity contribution in [3.8, 4) is 0 Å². The Hall–Kier alpha value is -1.58. The molecule has 4 heteroatoms. The molecule has 1 heterocycles. The monoisotopic (exact) mass is 264 g/mol. The first kappa shape index (κ1) is 15.5. The van der Waals surface area contributed by atoms with E-state index in [0.717, 1.165) is 19.3 Å². The van der Waals surface area contributed by atoms with Gasteiger partial charge in [0.05, 0.1) is 0 Å². The lowest BCUT2D eigenvalue weighted by Crippen LogP contribution is -2.35. The molecule has 0 aliphatic carbocycles. The van der Waals surface area contributed by atoms with Crippen molar-refractivity contribution >= 4 is 11.7 Å². The van der Waals surface area contributed by atoms with E-state index < -0.39 is 0 Å². The molecule has 0 spiro atoms. The maximum absolute atomic E-state index is 11.8. The molecule has 1 rings (SSSR count). The van der Waals surface area contributed by atoms with Crippen LogP contribution >= 0.6 is 0 Å². The lowest BCUT2D eigenvalue weighted by Gasteiger charge is -2.14. The number of aromatic nitrogens is 1. The number of rotatable bonds is 8. The molecule has 0 atom stereocenters. The molecule has 0 aliphatic heterocycles. The zero-order chi connectivity index (χ0) is 14.3. The molecule has 1 amide bonds. The van der Waals surface area contributed by atoms with Crippen molar-refractivity contribution in [3.63, 3.8) is 0 Å². The minimum atomic E-state index is -0.00112. The number of Topliss-reactive ketones (excluding diaryl/α,β-unsaturated/α-hetero) is 1. The molecule has 106 valence electrons. The molecule has 0 saturated carbocycles. The van der Waals surface area contributed by atoms with Crippen molar-refractivity contribution in [2.75, 3.05) is 0 Å². The van der Waals surface area contributed by atoms with E-state index in [2.05, 4.69) is 19.2 Å². The first-order chi connectivity index (χ1) is 9.10. The summed E-state index contributed by atoms with van der Waals surface area (Å²) in [7, 11) is 0. The molecule has 4 nitrogen and oxygen atoms in total.